The summed E-state index contributed by atoms with van der Waals surface area (Å²) in [6, 6.07) is 20.4. The number of phenolic OH excluding ortho intramolecular Hbond substituents is 1. The smallest absolute Gasteiger partial charge is 0.352 e. The molecule has 200 valence electrons. The fourth-order valence-corrected chi connectivity index (χ4v) is 6.15. The van der Waals surface area contributed by atoms with E-state index in [2.05, 4.69) is 15.9 Å². The average Bonchev–Trinajstić information content (AvgIpc) is 3.38. The first-order valence-electron chi connectivity index (χ1n) is 12.5. The molecule has 1 N–H and O–H groups in total. The van der Waals surface area contributed by atoms with Crippen molar-refractivity contribution in [1.82, 2.24) is 27.9 Å². The number of nitrogens with zero attached hydrogens (tertiary/aromatic N) is 6. The van der Waals surface area contributed by atoms with Crippen LogP contribution in [0.3, 0.4) is 0 Å². The van der Waals surface area contributed by atoms with Crippen molar-refractivity contribution in [1.29, 1.82) is 0 Å². The van der Waals surface area contributed by atoms with Gasteiger partial charge in [-0.1, -0.05) is 58.4 Å². The highest BCUT2D eigenvalue weighted by Gasteiger charge is 2.42. The van der Waals surface area contributed by atoms with Gasteiger partial charge < -0.3 is 5.11 Å². The molecular formula is C28H21BrN6O5. The number of fused-ring (bicyclic) bond motifs is 4. The Hall–Kier alpha value is -4.84. The molecule has 5 aromatic rings. The lowest BCUT2D eigenvalue weighted by atomic mass is 9.90. The maximum absolute atomic E-state index is 13.9. The number of hydrogen-bond acceptors (Lipinski definition) is 5. The van der Waals surface area contributed by atoms with E-state index in [9.17, 15) is 24.3 Å². The minimum absolute atomic E-state index is 0.0663. The van der Waals surface area contributed by atoms with Crippen LogP contribution in [0.4, 0.5) is 0 Å². The van der Waals surface area contributed by atoms with Crippen molar-refractivity contribution >= 4 is 15.9 Å². The van der Waals surface area contributed by atoms with Gasteiger partial charge in [0.15, 0.2) is 0 Å². The number of aromatic nitrogens is 6. The molecule has 40 heavy (non-hydrogen) atoms. The molecule has 4 heterocycles. The molecule has 2 aromatic heterocycles. The number of phenols is 1. The fourth-order valence-electron chi connectivity index (χ4n) is 5.78. The minimum Gasteiger partial charge on any atom is -0.508 e. The summed E-state index contributed by atoms with van der Waals surface area (Å²) >= 11 is 3.45. The van der Waals surface area contributed by atoms with E-state index < -0.39 is 34.8 Å². The first kappa shape index (κ1) is 24.2. The van der Waals surface area contributed by atoms with E-state index in [1.807, 2.05) is 0 Å². The fraction of sp³-hybridized carbons (Fsp3) is 0.143. The maximum atomic E-state index is 13.9. The molecule has 0 unspecified atom stereocenters. The summed E-state index contributed by atoms with van der Waals surface area (Å²) in [5.74, 6) is -0.0784. The summed E-state index contributed by atoms with van der Waals surface area (Å²) in [5, 5.41) is 10.9. The molecule has 2 aliphatic heterocycles. The Morgan fingerprint density at radius 3 is 1.90 bits per heavy atom. The zero-order valence-corrected chi connectivity index (χ0v) is 22.4. The predicted octanol–water partition coefficient (Wildman–Crippen LogP) is 2.17. The third-order valence-corrected chi connectivity index (χ3v) is 8.01. The maximum Gasteiger partial charge on any atom is 0.352 e. The Labute approximate surface area is 233 Å². The molecule has 2 atom stereocenters. The number of allylic oxidation sites excluding steroid dienone is 2. The van der Waals surface area contributed by atoms with E-state index in [0.717, 1.165) is 9.13 Å². The second-order valence-electron chi connectivity index (χ2n) is 9.65. The Morgan fingerprint density at radius 1 is 0.700 bits per heavy atom. The average molecular weight is 601 g/mol. The van der Waals surface area contributed by atoms with Crippen LogP contribution in [-0.4, -0.2) is 33.0 Å². The molecule has 7 rings (SSSR count). The van der Waals surface area contributed by atoms with Gasteiger partial charge in [0.1, 0.15) is 11.8 Å². The first-order valence-corrected chi connectivity index (χ1v) is 13.3. The number of para-hydroxylation sites is 2. The van der Waals surface area contributed by atoms with E-state index in [0.29, 0.717) is 27.0 Å². The summed E-state index contributed by atoms with van der Waals surface area (Å²) in [5.41, 5.74) is -0.436. The lowest BCUT2D eigenvalue weighted by molar-refractivity contribution is 0.244. The second-order valence-corrected chi connectivity index (χ2v) is 10.6. The van der Waals surface area contributed by atoms with Crippen molar-refractivity contribution in [3.63, 3.8) is 0 Å². The Bertz CT molecular complexity index is 2080. The van der Waals surface area contributed by atoms with E-state index in [4.69, 9.17) is 0 Å². The number of halogens is 1. The van der Waals surface area contributed by atoms with Crippen LogP contribution in [-0.2, 0) is 13.1 Å². The number of benzene rings is 3. The summed E-state index contributed by atoms with van der Waals surface area (Å²) in [7, 11) is 0. The van der Waals surface area contributed by atoms with Crippen LogP contribution in [0.2, 0.25) is 0 Å². The first-order chi connectivity index (χ1) is 19.4. The molecule has 0 spiro atoms. The van der Waals surface area contributed by atoms with E-state index in [-0.39, 0.29) is 18.8 Å². The van der Waals surface area contributed by atoms with Gasteiger partial charge in [0.2, 0.25) is 0 Å². The van der Waals surface area contributed by atoms with Crippen LogP contribution in [0, 0.1) is 0 Å². The van der Waals surface area contributed by atoms with E-state index >= 15 is 0 Å². The van der Waals surface area contributed by atoms with Gasteiger partial charge in [0, 0.05) is 10.0 Å². The van der Waals surface area contributed by atoms with Crippen LogP contribution in [0.15, 0.2) is 114 Å². The Morgan fingerprint density at radius 2 is 1.27 bits per heavy atom. The minimum atomic E-state index is -0.919. The van der Waals surface area contributed by atoms with Gasteiger partial charge in [-0.2, -0.15) is 0 Å². The van der Waals surface area contributed by atoms with Gasteiger partial charge in [0.25, 0.3) is 0 Å². The quantitative estimate of drug-likeness (QED) is 0.318. The summed E-state index contributed by atoms with van der Waals surface area (Å²) in [4.78, 5) is 54.9. The van der Waals surface area contributed by atoms with Crippen LogP contribution in [0.5, 0.6) is 5.75 Å². The van der Waals surface area contributed by atoms with Crippen molar-refractivity contribution in [3.05, 3.63) is 142 Å². The summed E-state index contributed by atoms with van der Waals surface area (Å²) in [6.45, 7) is 0.00648. The topological polar surface area (TPSA) is 118 Å². The van der Waals surface area contributed by atoms with Crippen molar-refractivity contribution in [2.24, 2.45) is 0 Å². The molecular weight excluding hydrogens is 580 g/mol. The zero-order chi connectivity index (χ0) is 27.7. The monoisotopic (exact) mass is 600 g/mol. The van der Waals surface area contributed by atoms with Gasteiger partial charge in [-0.05, 0) is 48.0 Å². The normalized spacial score (nSPS) is 17.6. The molecule has 3 aromatic carbocycles. The third-order valence-electron chi connectivity index (χ3n) is 7.52. The third kappa shape index (κ3) is 3.35. The van der Waals surface area contributed by atoms with Crippen LogP contribution in [0.25, 0.3) is 11.4 Å². The summed E-state index contributed by atoms with van der Waals surface area (Å²) < 4.78 is 8.14. The van der Waals surface area contributed by atoms with Gasteiger partial charge >= 0.3 is 22.8 Å². The lowest BCUT2D eigenvalue weighted by Crippen LogP contribution is -2.47. The van der Waals surface area contributed by atoms with Gasteiger partial charge in [-0.3, -0.25) is 0 Å². The number of aromatic hydroxyl groups is 1. The van der Waals surface area contributed by atoms with Crippen molar-refractivity contribution in [2.75, 3.05) is 0 Å². The SMILES string of the molecule is O=c1n(-c2ccccc2)c(=O)n2n1CC=C1[C@H]2Cn2c(=O)n(-c3ccccc3)c(=O)n2[C@H]1c1cc(Br)ccc1O. The second kappa shape index (κ2) is 8.85. The standard InChI is InChI=1S/C28H21BrN6O5/c29-17-11-12-23(36)21(15-17)24-20-13-14-30-25(37)32(18-7-3-1-4-8-18)27(39)34(30)22(20)16-31-26(38)33(28(40)35(24)31)19-9-5-2-6-10-19/h1-13,15,22,24,36H,14,16H2/t22-,24-/m1/s1. The Balaban J connectivity index is 1.52. The van der Waals surface area contributed by atoms with Gasteiger partial charge in [-0.15, -0.1) is 0 Å². The van der Waals surface area contributed by atoms with E-state index in [1.165, 1.54) is 24.8 Å². The highest BCUT2D eigenvalue weighted by atomic mass is 79.9. The Kier molecular flexibility index (Phi) is 5.36. The largest absolute Gasteiger partial charge is 0.508 e. The number of hydrogen-bond donors (Lipinski definition) is 1. The molecule has 0 aliphatic carbocycles. The highest BCUT2D eigenvalue weighted by molar-refractivity contribution is 9.10. The van der Waals surface area contributed by atoms with Gasteiger partial charge in [0.05, 0.1) is 30.5 Å². The molecule has 0 fully saturated rings. The van der Waals surface area contributed by atoms with E-state index in [1.54, 1.807) is 78.9 Å². The van der Waals surface area contributed by atoms with Crippen LogP contribution >= 0.6 is 15.9 Å². The van der Waals surface area contributed by atoms with Crippen molar-refractivity contribution in [2.45, 2.75) is 25.2 Å². The summed E-state index contributed by atoms with van der Waals surface area (Å²) in [6.07, 6.45) is 1.80. The number of rotatable bonds is 3. The molecule has 0 amide bonds. The van der Waals surface area contributed by atoms with Crippen molar-refractivity contribution in [3.8, 4) is 17.1 Å². The molecule has 12 heteroatoms. The lowest BCUT2D eigenvalue weighted by Gasteiger charge is -2.37. The van der Waals surface area contributed by atoms with Crippen LogP contribution in [0.1, 0.15) is 17.6 Å². The van der Waals surface area contributed by atoms with Crippen molar-refractivity contribution < 1.29 is 5.11 Å². The molecule has 2 aliphatic rings. The van der Waals surface area contributed by atoms with Crippen LogP contribution < -0.4 is 22.8 Å². The zero-order valence-electron chi connectivity index (χ0n) is 20.8. The molecule has 0 saturated heterocycles. The molecule has 11 nitrogen and oxygen atoms in total. The molecule has 0 bridgehead atoms. The van der Waals surface area contributed by atoms with Gasteiger partial charge in [-0.25, -0.2) is 47.0 Å². The highest BCUT2D eigenvalue weighted by Crippen LogP contribution is 2.42. The molecule has 0 saturated carbocycles. The molecule has 0 radical (unpaired) electrons. The predicted molar refractivity (Wildman–Crippen MR) is 150 cm³/mol.